The van der Waals surface area contributed by atoms with Gasteiger partial charge in [0.25, 0.3) is 0 Å². The first kappa shape index (κ1) is 42.7. The summed E-state index contributed by atoms with van der Waals surface area (Å²) >= 11 is -3.13. The van der Waals surface area contributed by atoms with E-state index >= 15 is 0 Å². The third-order valence-electron chi connectivity index (χ3n) is 10.7. The fourth-order valence-electron chi connectivity index (χ4n) is 7.77. The zero-order valence-corrected chi connectivity index (χ0v) is 39.4. The van der Waals surface area contributed by atoms with Crippen molar-refractivity contribution in [1.82, 2.24) is 0 Å². The van der Waals surface area contributed by atoms with Gasteiger partial charge in [-0.2, -0.15) is 0 Å². The van der Waals surface area contributed by atoms with Crippen molar-refractivity contribution in [2.45, 2.75) is 134 Å². The standard InChI is InChI=1S/2C9H13.2C8H11.2C2H7Si.2ClH.2Zr/c2*1-6-5-7(2)9(4)8(6)3;2*1-2-5-8-6-3-4-7-8;2*1-3-2;;;;/h2*6H,1-4H3;2*6-7H,2-3,5H2,1H3;2*3H,1-2H3;2*1H;;/q;;;;;;;;2*+1/p-2. The van der Waals surface area contributed by atoms with Crippen LogP contribution in [0.3, 0.4) is 0 Å². The number of hydrogen-bond acceptors (Lipinski definition) is 0. The van der Waals surface area contributed by atoms with Crippen LogP contribution in [0.2, 0.25) is 26.2 Å². The van der Waals surface area contributed by atoms with Crippen LogP contribution in [-0.2, 0) is 41.8 Å². The van der Waals surface area contributed by atoms with Crippen molar-refractivity contribution in [3.8, 4) is 0 Å². The van der Waals surface area contributed by atoms with Crippen LogP contribution < -0.4 is 24.8 Å². The second kappa shape index (κ2) is 19.0. The van der Waals surface area contributed by atoms with Crippen LogP contribution in [0.15, 0.2) is 82.0 Å². The number of halogens is 2. The molecule has 0 radical (unpaired) electrons. The molecule has 0 bridgehead atoms. The average Bonchev–Trinajstić information content (AvgIpc) is 3.68. The molecule has 0 fully saturated rings. The Morgan fingerprint density at radius 1 is 0.591 bits per heavy atom. The van der Waals surface area contributed by atoms with E-state index in [4.69, 9.17) is 0 Å². The summed E-state index contributed by atoms with van der Waals surface area (Å²) < 4.78 is 7.72. The molecule has 44 heavy (non-hydrogen) atoms. The second-order valence-corrected chi connectivity index (χ2v) is 52.4. The topological polar surface area (TPSA) is 0 Å². The minimum absolute atomic E-state index is 0. The predicted molar refractivity (Wildman–Crippen MR) is 190 cm³/mol. The molecule has 244 valence electrons. The van der Waals surface area contributed by atoms with Crippen LogP contribution >= 0.6 is 0 Å². The number of rotatable bonds is 10. The van der Waals surface area contributed by atoms with E-state index in [0.29, 0.717) is 0 Å². The SMILES string of the molecule is CCCC1=CC[C]([Zr+]([C]2=C(C)C(C)=C(C)C2C)[SiH](C)C)=C1.CCCC1=CC[C]([Zr+]([C]2=C(C)C(C)=C(C)C2C)[SiH](C)C)=C1.[Cl-].[Cl-]. The first-order chi connectivity index (χ1) is 19.8. The van der Waals surface area contributed by atoms with Crippen molar-refractivity contribution < 1.29 is 66.6 Å². The Bertz CT molecular complexity index is 1200. The molecule has 4 rings (SSSR count). The third-order valence-corrected chi connectivity index (χ3v) is 50.0. The van der Waals surface area contributed by atoms with E-state index < -0.39 is 53.7 Å². The normalized spacial score (nSPS) is 21.4. The molecule has 4 aliphatic rings. The molecular formula is C38H62Cl2Si2Zr2. The molecule has 0 spiro atoms. The molecule has 0 N–H and O–H groups in total. The summed E-state index contributed by atoms with van der Waals surface area (Å²) in [5, 5.41) is 0. The van der Waals surface area contributed by atoms with Gasteiger partial charge in [0.1, 0.15) is 0 Å². The summed E-state index contributed by atoms with van der Waals surface area (Å²) in [5.41, 5.74) is 13.1. The Morgan fingerprint density at radius 3 is 1.14 bits per heavy atom. The molecule has 2 atom stereocenters. The summed E-state index contributed by atoms with van der Waals surface area (Å²) in [4.78, 5) is 0. The molecule has 0 heterocycles. The Labute approximate surface area is 303 Å². The van der Waals surface area contributed by atoms with Gasteiger partial charge in [0.05, 0.1) is 0 Å². The minimum Gasteiger partial charge on any atom is -1.00 e. The number of allylic oxidation sites excluding steroid dienone is 16. The molecule has 6 heteroatoms. The van der Waals surface area contributed by atoms with Gasteiger partial charge >= 0.3 is 281 Å². The zero-order chi connectivity index (χ0) is 31.5. The van der Waals surface area contributed by atoms with E-state index in [-0.39, 0.29) is 24.8 Å². The molecule has 4 aliphatic carbocycles. The van der Waals surface area contributed by atoms with Crippen LogP contribution in [0.25, 0.3) is 0 Å². The molecular weight excluding hydrogens is 766 g/mol. The fraction of sp³-hybridized carbons (Fsp3) is 0.579. The maximum atomic E-state index is 2.63. The summed E-state index contributed by atoms with van der Waals surface area (Å²) in [6.07, 6.45) is 18.0. The largest absolute Gasteiger partial charge is 1.00 e. The minimum atomic E-state index is -1.57. The number of hydrogen-bond donors (Lipinski definition) is 0. The van der Waals surface area contributed by atoms with Gasteiger partial charge in [-0.15, -0.1) is 0 Å². The molecule has 0 aliphatic heterocycles. The van der Waals surface area contributed by atoms with Crippen molar-refractivity contribution in [3.63, 3.8) is 0 Å². The van der Waals surface area contributed by atoms with E-state index in [1.165, 1.54) is 38.5 Å². The molecule has 0 nitrogen and oxygen atoms in total. The predicted octanol–water partition coefficient (Wildman–Crippen LogP) is 5.73. The average molecular weight is 828 g/mol. The van der Waals surface area contributed by atoms with Gasteiger partial charge in [0.15, 0.2) is 0 Å². The Morgan fingerprint density at radius 2 is 0.909 bits per heavy atom. The van der Waals surface area contributed by atoms with Gasteiger partial charge in [-0.1, -0.05) is 0 Å². The maximum Gasteiger partial charge on any atom is -1.00 e. The van der Waals surface area contributed by atoms with E-state index in [1.807, 2.05) is 13.1 Å². The summed E-state index contributed by atoms with van der Waals surface area (Å²) in [6, 6.07) is 0. The van der Waals surface area contributed by atoms with E-state index in [1.54, 1.807) is 44.6 Å². The van der Waals surface area contributed by atoms with E-state index in [2.05, 4.69) is 120 Å². The molecule has 0 saturated heterocycles. The molecule has 0 aromatic heterocycles. The van der Waals surface area contributed by atoms with Gasteiger partial charge < -0.3 is 24.8 Å². The van der Waals surface area contributed by atoms with Crippen molar-refractivity contribution in [2.24, 2.45) is 11.8 Å². The Balaban J connectivity index is 0.000000421. The first-order valence-corrected chi connectivity index (χ1v) is 36.3. The summed E-state index contributed by atoms with van der Waals surface area (Å²) in [5.74, 6) is 0.362. The quantitative estimate of drug-likeness (QED) is 0.247. The summed E-state index contributed by atoms with van der Waals surface area (Å²) in [6.45, 7) is 34.2. The van der Waals surface area contributed by atoms with Crippen molar-refractivity contribution in [1.29, 1.82) is 0 Å². The third kappa shape index (κ3) is 9.44. The zero-order valence-electron chi connectivity index (χ0n) is 30.6. The van der Waals surface area contributed by atoms with Gasteiger partial charge in [-0.25, -0.2) is 0 Å². The Hall–Kier alpha value is 0.700. The van der Waals surface area contributed by atoms with Crippen LogP contribution in [0, 0.1) is 11.8 Å². The second-order valence-electron chi connectivity index (χ2n) is 14.1. The maximum absolute atomic E-state index is 2.63. The molecule has 0 aromatic carbocycles. The molecule has 2 unspecified atom stereocenters. The van der Waals surface area contributed by atoms with E-state index in [9.17, 15) is 0 Å². The van der Waals surface area contributed by atoms with Gasteiger partial charge in [-0.05, 0) is 0 Å². The van der Waals surface area contributed by atoms with Crippen molar-refractivity contribution in [2.75, 3.05) is 0 Å². The van der Waals surface area contributed by atoms with Crippen molar-refractivity contribution >= 4 is 11.8 Å². The Kier molecular flexibility index (Phi) is 18.5. The summed E-state index contributed by atoms with van der Waals surface area (Å²) in [7, 11) is 0. The van der Waals surface area contributed by atoms with Gasteiger partial charge in [-0.3, -0.25) is 0 Å². The molecule has 0 aromatic rings. The molecule has 0 saturated carbocycles. The smallest absolute Gasteiger partial charge is 1.00 e. The van der Waals surface area contributed by atoms with Crippen LogP contribution in [0.4, 0.5) is 0 Å². The molecule has 0 amide bonds. The van der Waals surface area contributed by atoms with Crippen LogP contribution in [0.1, 0.15) is 108 Å². The van der Waals surface area contributed by atoms with Gasteiger partial charge in [0, 0.05) is 0 Å². The fourth-order valence-corrected chi connectivity index (χ4v) is 49.7. The van der Waals surface area contributed by atoms with Crippen LogP contribution in [-0.4, -0.2) is 11.8 Å². The van der Waals surface area contributed by atoms with E-state index in [0.717, 1.165) is 11.8 Å². The van der Waals surface area contributed by atoms with Crippen molar-refractivity contribution in [3.05, 3.63) is 82.0 Å². The van der Waals surface area contributed by atoms with Gasteiger partial charge in [0.2, 0.25) is 0 Å². The van der Waals surface area contributed by atoms with Crippen LogP contribution in [0.5, 0.6) is 0 Å². The monoisotopic (exact) mass is 824 g/mol. The first-order valence-electron chi connectivity index (χ1n) is 17.1.